The Bertz CT molecular complexity index is 477. The third-order valence-electron chi connectivity index (χ3n) is 2.09. The minimum atomic E-state index is -0.0382. The summed E-state index contributed by atoms with van der Waals surface area (Å²) in [6.45, 7) is 2.00. The second-order valence-corrected chi connectivity index (χ2v) is 6.31. The van der Waals surface area contributed by atoms with Gasteiger partial charge in [-0.15, -0.1) is 11.3 Å². The summed E-state index contributed by atoms with van der Waals surface area (Å²) in [5.74, 6) is 0.867. The van der Waals surface area contributed by atoms with Crippen LogP contribution in [0.2, 0.25) is 8.67 Å². The fourth-order valence-electron chi connectivity index (χ4n) is 1.31. The van der Waals surface area contributed by atoms with Gasteiger partial charge in [-0.1, -0.05) is 39.1 Å². The number of hydrogen-bond acceptors (Lipinski definition) is 2. The van der Waals surface area contributed by atoms with Crippen LogP contribution in [0.3, 0.4) is 0 Å². The van der Waals surface area contributed by atoms with Crippen LogP contribution in [0.1, 0.15) is 21.7 Å². The monoisotopic (exact) mass is 324 g/mol. The Morgan fingerprint density at radius 1 is 1.47 bits per heavy atom. The highest BCUT2D eigenvalue weighted by molar-refractivity contribution is 9.09. The Morgan fingerprint density at radius 3 is 2.67 bits per heavy atom. The number of thiophene rings is 1. The van der Waals surface area contributed by atoms with Crippen molar-refractivity contribution in [2.45, 2.75) is 11.8 Å². The van der Waals surface area contributed by atoms with Crippen LogP contribution in [0.5, 0.6) is 0 Å². The lowest BCUT2D eigenvalue weighted by Gasteiger charge is -2.06. The first-order valence-corrected chi connectivity index (χ1v) is 6.71. The molecule has 0 saturated heterocycles. The van der Waals surface area contributed by atoms with Crippen molar-refractivity contribution in [3.05, 3.63) is 44.0 Å². The Morgan fingerprint density at radius 2 is 2.20 bits per heavy atom. The van der Waals surface area contributed by atoms with Crippen molar-refractivity contribution in [3.63, 3.8) is 0 Å². The topological polar surface area (TPSA) is 13.1 Å². The van der Waals surface area contributed by atoms with Gasteiger partial charge in [0.15, 0.2) is 0 Å². The fraction of sp³-hybridized carbons (Fsp3) is 0.200. The quantitative estimate of drug-likeness (QED) is 0.670. The number of halogens is 3. The maximum absolute atomic E-state index is 6.07. The summed E-state index contributed by atoms with van der Waals surface area (Å²) in [5.41, 5.74) is 2.04. The number of hydrogen-bond donors (Lipinski definition) is 0. The van der Waals surface area contributed by atoms with Crippen LogP contribution < -0.4 is 0 Å². The summed E-state index contributed by atoms with van der Waals surface area (Å²) in [6, 6.07) is 3.78. The molecule has 0 aliphatic carbocycles. The van der Waals surface area contributed by atoms with Gasteiger partial charge in [0.05, 0.1) is 19.8 Å². The fourth-order valence-corrected chi connectivity index (χ4v) is 3.96. The zero-order valence-electron chi connectivity index (χ0n) is 7.76. The van der Waals surface area contributed by atoms with E-state index in [-0.39, 0.29) is 4.83 Å². The molecule has 2 aromatic heterocycles. The molecule has 0 amide bonds. The minimum Gasteiger partial charge on any atom is -0.468 e. The van der Waals surface area contributed by atoms with E-state index in [4.69, 9.17) is 27.6 Å². The molecule has 15 heavy (non-hydrogen) atoms. The highest BCUT2D eigenvalue weighted by Gasteiger charge is 2.20. The van der Waals surface area contributed by atoms with Gasteiger partial charge in [0.1, 0.15) is 5.76 Å². The maximum Gasteiger partial charge on any atom is 0.124 e. The molecule has 0 aromatic carbocycles. The Balaban J connectivity index is 2.40. The molecule has 5 heteroatoms. The first-order valence-electron chi connectivity index (χ1n) is 4.22. The van der Waals surface area contributed by atoms with Gasteiger partial charge in [0, 0.05) is 5.56 Å². The first-order chi connectivity index (χ1) is 7.09. The lowest BCUT2D eigenvalue weighted by Crippen LogP contribution is -1.90. The molecule has 0 saturated carbocycles. The SMILES string of the molecule is Cc1ccoc1C(Br)c1cc(Cl)sc1Cl. The van der Waals surface area contributed by atoms with Crippen LogP contribution in [0.4, 0.5) is 0 Å². The van der Waals surface area contributed by atoms with Gasteiger partial charge in [0.25, 0.3) is 0 Å². The smallest absolute Gasteiger partial charge is 0.124 e. The van der Waals surface area contributed by atoms with Crippen LogP contribution in [-0.4, -0.2) is 0 Å². The summed E-state index contributed by atoms with van der Waals surface area (Å²) in [4.78, 5) is -0.0382. The summed E-state index contributed by atoms with van der Waals surface area (Å²) < 4.78 is 6.78. The molecule has 0 aliphatic rings. The zero-order chi connectivity index (χ0) is 11.0. The summed E-state index contributed by atoms with van der Waals surface area (Å²) >= 11 is 16.9. The van der Waals surface area contributed by atoms with E-state index in [1.54, 1.807) is 6.26 Å². The van der Waals surface area contributed by atoms with E-state index in [0.717, 1.165) is 16.9 Å². The highest BCUT2D eigenvalue weighted by atomic mass is 79.9. The van der Waals surface area contributed by atoms with Gasteiger partial charge in [0.2, 0.25) is 0 Å². The summed E-state index contributed by atoms with van der Waals surface area (Å²) in [7, 11) is 0. The minimum absolute atomic E-state index is 0.0382. The van der Waals surface area contributed by atoms with E-state index in [1.807, 2.05) is 19.1 Å². The van der Waals surface area contributed by atoms with Gasteiger partial charge in [-0.2, -0.15) is 0 Å². The number of furan rings is 1. The third-order valence-corrected chi connectivity index (χ3v) is 4.52. The van der Waals surface area contributed by atoms with E-state index in [1.165, 1.54) is 11.3 Å². The van der Waals surface area contributed by atoms with Gasteiger partial charge in [-0.25, -0.2) is 0 Å². The molecule has 0 bridgehead atoms. The van der Waals surface area contributed by atoms with Crippen LogP contribution >= 0.6 is 50.5 Å². The average Bonchev–Trinajstić information content (AvgIpc) is 2.71. The summed E-state index contributed by atoms with van der Waals surface area (Å²) in [5, 5.41) is 0. The molecule has 0 spiro atoms. The molecule has 80 valence electrons. The first kappa shape index (κ1) is 11.5. The summed E-state index contributed by atoms with van der Waals surface area (Å²) in [6.07, 6.45) is 1.67. The van der Waals surface area contributed by atoms with Crippen LogP contribution in [0, 0.1) is 6.92 Å². The number of rotatable bonds is 2. The van der Waals surface area contributed by atoms with E-state index in [2.05, 4.69) is 15.9 Å². The Hall–Kier alpha value is 0.0400. The molecule has 1 nitrogen and oxygen atoms in total. The van der Waals surface area contributed by atoms with Gasteiger partial charge < -0.3 is 4.42 Å². The van der Waals surface area contributed by atoms with Crippen molar-refractivity contribution in [2.75, 3.05) is 0 Å². The van der Waals surface area contributed by atoms with Gasteiger partial charge in [-0.3, -0.25) is 0 Å². The third kappa shape index (κ3) is 2.26. The second-order valence-electron chi connectivity index (χ2n) is 3.11. The molecule has 1 atom stereocenters. The van der Waals surface area contributed by atoms with Gasteiger partial charge in [-0.05, 0) is 24.6 Å². The van der Waals surface area contributed by atoms with Gasteiger partial charge >= 0.3 is 0 Å². The maximum atomic E-state index is 6.07. The Kier molecular flexibility index (Phi) is 3.45. The molecule has 2 heterocycles. The standard InChI is InChI=1S/C10H7BrCl2OS/c1-5-2-3-14-9(5)8(11)6-4-7(12)15-10(6)13/h2-4,8H,1H3. The van der Waals surface area contributed by atoms with E-state index in [0.29, 0.717) is 8.67 Å². The molecule has 1 unspecified atom stereocenters. The van der Waals surface area contributed by atoms with E-state index < -0.39 is 0 Å². The van der Waals surface area contributed by atoms with E-state index in [9.17, 15) is 0 Å². The Labute approximate surface area is 110 Å². The lowest BCUT2D eigenvalue weighted by molar-refractivity contribution is 0.517. The molecular formula is C10H7BrCl2OS. The van der Waals surface area contributed by atoms with Crippen LogP contribution in [0.15, 0.2) is 22.8 Å². The molecule has 2 aromatic rings. The molecule has 2 rings (SSSR count). The molecule has 0 N–H and O–H groups in total. The van der Waals surface area contributed by atoms with Crippen molar-refractivity contribution in [1.29, 1.82) is 0 Å². The van der Waals surface area contributed by atoms with E-state index >= 15 is 0 Å². The van der Waals surface area contributed by atoms with Crippen molar-refractivity contribution in [3.8, 4) is 0 Å². The normalized spacial score (nSPS) is 13.1. The largest absolute Gasteiger partial charge is 0.468 e. The number of alkyl halides is 1. The second kappa shape index (κ2) is 4.50. The molecule has 0 aliphatic heterocycles. The van der Waals surface area contributed by atoms with Crippen molar-refractivity contribution in [1.82, 2.24) is 0 Å². The van der Waals surface area contributed by atoms with Crippen LogP contribution in [0.25, 0.3) is 0 Å². The number of aryl methyl sites for hydroxylation is 1. The molecule has 0 fully saturated rings. The average molecular weight is 326 g/mol. The van der Waals surface area contributed by atoms with Crippen molar-refractivity contribution >= 4 is 50.5 Å². The van der Waals surface area contributed by atoms with Crippen LogP contribution in [-0.2, 0) is 0 Å². The lowest BCUT2D eigenvalue weighted by atomic mass is 10.1. The predicted molar refractivity (Wildman–Crippen MR) is 68.6 cm³/mol. The highest BCUT2D eigenvalue weighted by Crippen LogP contribution is 2.42. The molecular weight excluding hydrogens is 319 g/mol. The predicted octanol–water partition coefficient (Wildman–Crippen LogP) is 5.44. The van der Waals surface area contributed by atoms with Crippen molar-refractivity contribution in [2.24, 2.45) is 0 Å². The van der Waals surface area contributed by atoms with Crippen molar-refractivity contribution < 1.29 is 4.42 Å². The zero-order valence-corrected chi connectivity index (χ0v) is 11.7. The molecule has 0 radical (unpaired) electrons.